The first-order valence-electron chi connectivity index (χ1n) is 8.93. The quantitative estimate of drug-likeness (QED) is 0.824. The highest BCUT2D eigenvalue weighted by Crippen LogP contribution is 2.30. The SMILES string of the molecule is C[C@@H]1[C@@H](O)c2ccc(O)cc2CCN1CCCCc1ccccc1. The molecule has 3 nitrogen and oxygen atoms in total. The Morgan fingerprint density at radius 2 is 1.88 bits per heavy atom. The average molecular weight is 325 g/mol. The number of hydrogen-bond acceptors (Lipinski definition) is 3. The van der Waals surface area contributed by atoms with E-state index >= 15 is 0 Å². The Morgan fingerprint density at radius 1 is 1.08 bits per heavy atom. The molecule has 3 rings (SSSR count). The van der Waals surface area contributed by atoms with Crippen LogP contribution in [0.2, 0.25) is 0 Å². The van der Waals surface area contributed by atoms with Crippen LogP contribution in [0, 0.1) is 0 Å². The molecule has 0 unspecified atom stereocenters. The van der Waals surface area contributed by atoms with Gasteiger partial charge in [-0.2, -0.15) is 0 Å². The van der Waals surface area contributed by atoms with E-state index < -0.39 is 6.10 Å². The lowest BCUT2D eigenvalue weighted by molar-refractivity contribution is 0.0635. The van der Waals surface area contributed by atoms with Crippen LogP contribution in [0.3, 0.4) is 0 Å². The predicted molar refractivity (Wildman–Crippen MR) is 97.2 cm³/mol. The Balaban J connectivity index is 1.55. The number of hydrogen-bond donors (Lipinski definition) is 2. The number of benzene rings is 2. The number of rotatable bonds is 5. The maximum atomic E-state index is 10.7. The maximum absolute atomic E-state index is 10.7. The highest BCUT2D eigenvalue weighted by molar-refractivity contribution is 5.37. The van der Waals surface area contributed by atoms with Gasteiger partial charge in [0.1, 0.15) is 5.75 Å². The van der Waals surface area contributed by atoms with Crippen molar-refractivity contribution in [3.05, 3.63) is 65.2 Å². The van der Waals surface area contributed by atoms with Gasteiger partial charge < -0.3 is 10.2 Å². The number of phenolic OH excluding ortho intramolecular Hbond substituents is 1. The fourth-order valence-electron chi connectivity index (χ4n) is 3.63. The Bertz CT molecular complexity index is 656. The van der Waals surface area contributed by atoms with Crippen LogP contribution in [-0.2, 0) is 12.8 Å². The summed E-state index contributed by atoms with van der Waals surface area (Å²) in [5, 5.41) is 20.4. The van der Waals surface area contributed by atoms with Crippen molar-refractivity contribution >= 4 is 0 Å². The molecule has 2 N–H and O–H groups in total. The Morgan fingerprint density at radius 3 is 2.67 bits per heavy atom. The summed E-state index contributed by atoms with van der Waals surface area (Å²) >= 11 is 0. The van der Waals surface area contributed by atoms with Crippen LogP contribution in [0.1, 0.15) is 42.6 Å². The third-order valence-electron chi connectivity index (χ3n) is 5.15. The van der Waals surface area contributed by atoms with Gasteiger partial charge in [-0.3, -0.25) is 4.90 Å². The number of aromatic hydroxyl groups is 1. The molecule has 1 aliphatic rings. The number of aliphatic hydroxyl groups excluding tert-OH is 1. The first kappa shape index (κ1) is 17.0. The summed E-state index contributed by atoms with van der Waals surface area (Å²) in [6.45, 7) is 4.04. The van der Waals surface area contributed by atoms with Gasteiger partial charge in [-0.1, -0.05) is 36.4 Å². The fraction of sp³-hybridized carbons (Fsp3) is 0.429. The van der Waals surface area contributed by atoms with Gasteiger partial charge in [0.25, 0.3) is 0 Å². The smallest absolute Gasteiger partial charge is 0.115 e. The van der Waals surface area contributed by atoms with E-state index in [0.29, 0.717) is 0 Å². The Kier molecular flexibility index (Phi) is 5.54. The van der Waals surface area contributed by atoms with Crippen LogP contribution in [0.4, 0.5) is 0 Å². The largest absolute Gasteiger partial charge is 0.508 e. The van der Waals surface area contributed by atoms with Crippen molar-refractivity contribution in [1.29, 1.82) is 0 Å². The van der Waals surface area contributed by atoms with E-state index in [-0.39, 0.29) is 11.8 Å². The van der Waals surface area contributed by atoms with Gasteiger partial charge in [-0.05, 0) is 68.0 Å². The van der Waals surface area contributed by atoms with Crippen LogP contribution in [0.15, 0.2) is 48.5 Å². The molecule has 0 aliphatic carbocycles. The summed E-state index contributed by atoms with van der Waals surface area (Å²) in [4.78, 5) is 2.38. The zero-order valence-corrected chi connectivity index (χ0v) is 14.4. The average Bonchev–Trinajstić information content (AvgIpc) is 2.71. The van der Waals surface area contributed by atoms with Gasteiger partial charge in [0.2, 0.25) is 0 Å². The Labute approximate surface area is 144 Å². The molecule has 2 aromatic rings. The van der Waals surface area contributed by atoms with Crippen molar-refractivity contribution in [2.45, 2.75) is 44.8 Å². The van der Waals surface area contributed by atoms with Gasteiger partial charge in [0, 0.05) is 12.6 Å². The highest BCUT2D eigenvalue weighted by atomic mass is 16.3. The molecule has 1 aliphatic heterocycles. The summed E-state index contributed by atoms with van der Waals surface area (Å²) in [5.41, 5.74) is 3.43. The van der Waals surface area contributed by atoms with Crippen molar-refractivity contribution in [2.24, 2.45) is 0 Å². The van der Waals surface area contributed by atoms with E-state index in [1.807, 2.05) is 6.07 Å². The molecule has 0 aromatic heterocycles. The van der Waals surface area contributed by atoms with Crippen LogP contribution >= 0.6 is 0 Å². The fourth-order valence-corrected chi connectivity index (χ4v) is 3.63. The van der Waals surface area contributed by atoms with E-state index in [4.69, 9.17) is 0 Å². The molecular formula is C21H27NO2. The van der Waals surface area contributed by atoms with Crippen molar-refractivity contribution in [3.8, 4) is 5.75 Å². The summed E-state index contributed by atoms with van der Waals surface area (Å²) in [5.74, 6) is 0.282. The van der Waals surface area contributed by atoms with Gasteiger partial charge in [-0.25, -0.2) is 0 Å². The van der Waals surface area contributed by atoms with Crippen LogP contribution < -0.4 is 0 Å². The molecule has 0 saturated carbocycles. The van der Waals surface area contributed by atoms with Gasteiger partial charge in [0.05, 0.1) is 6.10 Å². The predicted octanol–water partition coefficient (Wildman–Crippen LogP) is 3.70. The summed E-state index contributed by atoms with van der Waals surface area (Å²) in [6, 6.07) is 16.0. The molecule has 0 fully saturated rings. The third-order valence-corrected chi connectivity index (χ3v) is 5.15. The standard InChI is InChI=1S/C21H27NO2/c1-16-21(24)20-11-10-19(23)15-18(20)12-14-22(16)13-6-5-9-17-7-3-2-4-8-17/h2-4,7-8,10-11,15-16,21,23-24H,5-6,9,12-14H2,1H3/t16-,21-/m1/s1. The lowest BCUT2D eigenvalue weighted by atomic mass is 9.98. The molecule has 3 heteroatoms. The molecule has 0 radical (unpaired) electrons. The molecule has 128 valence electrons. The topological polar surface area (TPSA) is 43.7 Å². The molecule has 0 spiro atoms. The van der Waals surface area contributed by atoms with Crippen molar-refractivity contribution in [2.75, 3.05) is 13.1 Å². The molecule has 24 heavy (non-hydrogen) atoms. The first-order chi connectivity index (χ1) is 11.6. The second-order valence-corrected chi connectivity index (χ2v) is 6.80. The van der Waals surface area contributed by atoms with E-state index in [1.165, 1.54) is 5.56 Å². The number of phenols is 1. The summed E-state index contributed by atoms with van der Waals surface area (Å²) in [6.07, 6.45) is 3.80. The van der Waals surface area contributed by atoms with Crippen molar-refractivity contribution in [1.82, 2.24) is 4.90 Å². The van der Waals surface area contributed by atoms with Gasteiger partial charge in [0.15, 0.2) is 0 Å². The monoisotopic (exact) mass is 325 g/mol. The number of unbranched alkanes of at least 4 members (excludes halogenated alkanes) is 1. The number of aryl methyl sites for hydroxylation is 1. The Hall–Kier alpha value is -1.84. The van der Waals surface area contributed by atoms with E-state index in [9.17, 15) is 10.2 Å². The number of fused-ring (bicyclic) bond motifs is 1. The number of nitrogens with zero attached hydrogens (tertiary/aromatic N) is 1. The lowest BCUT2D eigenvalue weighted by Gasteiger charge is -2.30. The van der Waals surface area contributed by atoms with Crippen LogP contribution in [0.5, 0.6) is 5.75 Å². The highest BCUT2D eigenvalue weighted by Gasteiger charge is 2.28. The van der Waals surface area contributed by atoms with Crippen LogP contribution in [-0.4, -0.2) is 34.2 Å². The maximum Gasteiger partial charge on any atom is 0.115 e. The van der Waals surface area contributed by atoms with Crippen molar-refractivity contribution in [3.63, 3.8) is 0 Å². The molecule has 0 saturated heterocycles. The molecule has 1 heterocycles. The zero-order chi connectivity index (χ0) is 16.9. The molecule has 2 aromatic carbocycles. The van der Waals surface area contributed by atoms with E-state index in [1.54, 1.807) is 12.1 Å². The molecule has 2 atom stereocenters. The normalized spacial score (nSPS) is 21.2. The molecular weight excluding hydrogens is 298 g/mol. The zero-order valence-electron chi connectivity index (χ0n) is 14.4. The minimum atomic E-state index is -0.489. The summed E-state index contributed by atoms with van der Waals surface area (Å²) < 4.78 is 0. The van der Waals surface area contributed by atoms with Gasteiger partial charge >= 0.3 is 0 Å². The molecule has 0 amide bonds. The molecule has 0 bridgehead atoms. The van der Waals surface area contributed by atoms with Crippen LogP contribution in [0.25, 0.3) is 0 Å². The van der Waals surface area contributed by atoms with Crippen molar-refractivity contribution < 1.29 is 10.2 Å². The first-order valence-corrected chi connectivity index (χ1v) is 8.93. The summed E-state index contributed by atoms with van der Waals surface area (Å²) in [7, 11) is 0. The third kappa shape index (κ3) is 3.97. The minimum absolute atomic E-state index is 0.104. The second-order valence-electron chi connectivity index (χ2n) is 6.80. The number of aliphatic hydroxyl groups is 1. The van der Waals surface area contributed by atoms with Gasteiger partial charge in [-0.15, -0.1) is 0 Å². The second kappa shape index (κ2) is 7.82. The van der Waals surface area contributed by atoms with E-state index in [2.05, 4.69) is 42.2 Å². The minimum Gasteiger partial charge on any atom is -0.508 e. The van der Waals surface area contributed by atoms with E-state index in [0.717, 1.165) is 49.9 Å². The lowest BCUT2D eigenvalue weighted by Crippen LogP contribution is -2.37.